The van der Waals surface area contributed by atoms with Gasteiger partial charge in [-0.2, -0.15) is 0 Å². The van der Waals surface area contributed by atoms with Crippen molar-refractivity contribution < 1.29 is 19.0 Å². The first-order chi connectivity index (χ1) is 12.6. The summed E-state index contributed by atoms with van der Waals surface area (Å²) in [5, 5.41) is 10.5. The normalized spacial score (nSPS) is 23.3. The first-order valence-corrected chi connectivity index (χ1v) is 12.5. The maximum Gasteiger partial charge on any atom is 0.192 e. The number of hydrogen-bond donors (Lipinski definition) is 1. The van der Waals surface area contributed by atoms with E-state index in [1.165, 1.54) is 0 Å². The summed E-state index contributed by atoms with van der Waals surface area (Å²) in [7, 11) is -0.198. The van der Waals surface area contributed by atoms with E-state index in [-0.39, 0.29) is 28.9 Å². The molecule has 1 aromatic rings. The van der Waals surface area contributed by atoms with E-state index in [9.17, 15) is 5.11 Å². The fourth-order valence-corrected chi connectivity index (χ4v) is 3.93. The van der Waals surface area contributed by atoms with Crippen LogP contribution in [0.5, 0.6) is 11.5 Å². The molecule has 1 heterocycles. The van der Waals surface area contributed by atoms with Gasteiger partial charge in [0.05, 0.1) is 25.9 Å². The summed E-state index contributed by atoms with van der Waals surface area (Å²) in [6.07, 6.45) is 6.54. The Morgan fingerprint density at radius 3 is 2.56 bits per heavy atom. The van der Waals surface area contributed by atoms with E-state index in [4.69, 9.17) is 13.9 Å². The third kappa shape index (κ3) is 5.24. The number of rotatable bonds is 7. The molecule has 0 fully saturated rings. The molecule has 4 nitrogen and oxygen atoms in total. The van der Waals surface area contributed by atoms with Crippen LogP contribution in [0.3, 0.4) is 0 Å². The summed E-state index contributed by atoms with van der Waals surface area (Å²) < 4.78 is 18.0. The summed E-state index contributed by atoms with van der Waals surface area (Å²) in [5.41, 5.74) is 0.807. The van der Waals surface area contributed by atoms with Crippen molar-refractivity contribution >= 4 is 8.32 Å². The molecule has 0 amide bonds. The van der Waals surface area contributed by atoms with Gasteiger partial charge in [0.25, 0.3) is 0 Å². The first-order valence-electron chi connectivity index (χ1n) is 9.54. The lowest BCUT2D eigenvalue weighted by Gasteiger charge is -2.38. The molecule has 27 heavy (non-hydrogen) atoms. The van der Waals surface area contributed by atoms with Crippen LogP contribution in [0.15, 0.2) is 43.0 Å². The number of ether oxygens (including phenoxy) is 2. The number of phenolic OH excluding ortho intramolecular Hbond substituents is 1. The summed E-state index contributed by atoms with van der Waals surface area (Å²) >= 11 is 0. The van der Waals surface area contributed by atoms with Crippen LogP contribution in [0.1, 0.15) is 38.7 Å². The lowest BCUT2D eigenvalue weighted by molar-refractivity contribution is -0.0251. The van der Waals surface area contributed by atoms with Gasteiger partial charge in [0, 0.05) is 11.5 Å². The number of hydrogen-bond acceptors (Lipinski definition) is 4. The summed E-state index contributed by atoms with van der Waals surface area (Å²) in [4.78, 5) is 0. The van der Waals surface area contributed by atoms with Gasteiger partial charge in [-0.15, -0.1) is 6.58 Å². The highest BCUT2D eigenvalue weighted by atomic mass is 28.4. The summed E-state index contributed by atoms with van der Waals surface area (Å²) in [5.74, 6) is 0.915. The van der Waals surface area contributed by atoms with Crippen LogP contribution in [0.2, 0.25) is 18.1 Å². The number of methoxy groups -OCH3 is 1. The van der Waals surface area contributed by atoms with Crippen molar-refractivity contribution in [3.63, 3.8) is 0 Å². The second kappa shape index (κ2) is 8.63. The van der Waals surface area contributed by atoms with E-state index in [0.29, 0.717) is 13.0 Å². The van der Waals surface area contributed by atoms with Crippen LogP contribution in [0, 0.1) is 0 Å². The van der Waals surface area contributed by atoms with E-state index in [2.05, 4.69) is 52.6 Å². The molecule has 0 aliphatic carbocycles. The zero-order valence-corrected chi connectivity index (χ0v) is 18.5. The quantitative estimate of drug-likeness (QED) is 0.500. The standard InChI is InChI=1S/C22H34O4Si/c1-8-9-21-18(19-14-16(24-5)11-13-20(19)23)12-10-17(26-21)15-25-27(6,7)22(2,3)4/h8,10-14,17-18,21,23H,1,9,15H2,2-7H3/t17-,18-,21+/m0/s1. The Kier molecular flexibility index (Phi) is 6.95. The average molecular weight is 391 g/mol. The molecule has 3 atom stereocenters. The van der Waals surface area contributed by atoms with Crippen molar-refractivity contribution in [2.75, 3.05) is 13.7 Å². The molecule has 0 saturated carbocycles. The monoisotopic (exact) mass is 390 g/mol. The predicted molar refractivity (Wildman–Crippen MR) is 113 cm³/mol. The van der Waals surface area contributed by atoms with Gasteiger partial charge in [-0.1, -0.05) is 39.0 Å². The van der Waals surface area contributed by atoms with Gasteiger partial charge in [0.15, 0.2) is 8.32 Å². The fourth-order valence-electron chi connectivity index (χ4n) is 2.92. The third-order valence-corrected chi connectivity index (χ3v) is 10.2. The highest BCUT2D eigenvalue weighted by molar-refractivity contribution is 6.74. The van der Waals surface area contributed by atoms with Crippen LogP contribution >= 0.6 is 0 Å². The molecule has 0 bridgehead atoms. The van der Waals surface area contributed by atoms with E-state index in [0.717, 1.165) is 11.3 Å². The Hall–Kier alpha value is -1.56. The molecule has 1 aromatic carbocycles. The lowest BCUT2D eigenvalue weighted by Crippen LogP contribution is -2.43. The molecule has 150 valence electrons. The minimum absolute atomic E-state index is 0.0535. The topological polar surface area (TPSA) is 47.9 Å². The highest BCUT2D eigenvalue weighted by Gasteiger charge is 2.38. The van der Waals surface area contributed by atoms with Crippen molar-refractivity contribution in [2.24, 2.45) is 0 Å². The van der Waals surface area contributed by atoms with Crippen LogP contribution in [0.25, 0.3) is 0 Å². The summed E-state index contributed by atoms with van der Waals surface area (Å²) in [6, 6.07) is 5.29. The maximum atomic E-state index is 10.3. The third-order valence-electron chi connectivity index (χ3n) is 5.69. The Bertz CT molecular complexity index is 675. The van der Waals surface area contributed by atoms with Crippen molar-refractivity contribution in [1.29, 1.82) is 0 Å². The molecule has 0 saturated heterocycles. The molecule has 2 rings (SSSR count). The molecule has 1 aliphatic rings. The molecule has 0 aromatic heterocycles. The van der Waals surface area contributed by atoms with Gasteiger partial charge in [-0.05, 0) is 42.8 Å². The smallest absolute Gasteiger partial charge is 0.192 e. The second-order valence-electron chi connectivity index (χ2n) is 8.64. The molecular weight excluding hydrogens is 356 g/mol. The Morgan fingerprint density at radius 2 is 1.96 bits per heavy atom. The van der Waals surface area contributed by atoms with Gasteiger partial charge in [-0.3, -0.25) is 0 Å². The predicted octanol–water partition coefficient (Wildman–Crippen LogP) is 5.41. The maximum absolute atomic E-state index is 10.3. The first kappa shape index (κ1) is 21.7. The molecule has 5 heteroatoms. The van der Waals surface area contributed by atoms with Crippen molar-refractivity contribution in [1.82, 2.24) is 0 Å². The van der Waals surface area contributed by atoms with Crippen molar-refractivity contribution in [2.45, 2.75) is 63.5 Å². The number of phenols is 1. The van der Waals surface area contributed by atoms with Gasteiger partial charge >= 0.3 is 0 Å². The van der Waals surface area contributed by atoms with Crippen LogP contribution in [0.4, 0.5) is 0 Å². The molecule has 0 radical (unpaired) electrons. The van der Waals surface area contributed by atoms with E-state index < -0.39 is 8.32 Å². The zero-order chi connectivity index (χ0) is 20.2. The molecule has 1 aliphatic heterocycles. The summed E-state index contributed by atoms with van der Waals surface area (Å²) in [6.45, 7) is 15.6. The molecule has 1 N–H and O–H groups in total. The molecule has 0 unspecified atom stereocenters. The number of aromatic hydroxyl groups is 1. The second-order valence-corrected chi connectivity index (χ2v) is 13.5. The van der Waals surface area contributed by atoms with E-state index in [1.54, 1.807) is 19.2 Å². The van der Waals surface area contributed by atoms with Gasteiger partial charge in [-0.25, -0.2) is 0 Å². The average Bonchev–Trinajstić information content (AvgIpc) is 2.60. The SMILES string of the molecule is C=CC[C@H]1O[C@H](CO[Si](C)(C)C(C)(C)C)C=C[C@H]1c1cc(OC)ccc1O. The Labute approximate surface area is 165 Å². The number of benzene rings is 1. The van der Waals surface area contributed by atoms with Crippen LogP contribution < -0.4 is 4.74 Å². The highest BCUT2D eigenvalue weighted by Crippen LogP contribution is 2.39. The minimum atomic E-state index is -1.82. The minimum Gasteiger partial charge on any atom is -0.508 e. The van der Waals surface area contributed by atoms with Crippen LogP contribution in [-0.2, 0) is 9.16 Å². The van der Waals surface area contributed by atoms with Crippen molar-refractivity contribution in [3.05, 3.63) is 48.6 Å². The molecule has 0 spiro atoms. The van der Waals surface area contributed by atoms with Gasteiger partial charge in [0.2, 0.25) is 0 Å². The zero-order valence-electron chi connectivity index (χ0n) is 17.5. The Balaban J connectivity index is 2.18. The van der Waals surface area contributed by atoms with Gasteiger partial charge in [0.1, 0.15) is 11.5 Å². The molecular formula is C22H34O4Si. The van der Waals surface area contributed by atoms with Gasteiger partial charge < -0.3 is 19.0 Å². The van der Waals surface area contributed by atoms with E-state index >= 15 is 0 Å². The fraction of sp³-hybridized carbons (Fsp3) is 0.545. The lowest BCUT2D eigenvalue weighted by atomic mass is 9.88. The van der Waals surface area contributed by atoms with Crippen molar-refractivity contribution in [3.8, 4) is 11.5 Å². The largest absolute Gasteiger partial charge is 0.508 e. The van der Waals surface area contributed by atoms with E-state index in [1.807, 2.05) is 12.1 Å². The van der Waals surface area contributed by atoms with Crippen LogP contribution in [-0.4, -0.2) is 39.3 Å². The Morgan fingerprint density at radius 1 is 1.26 bits per heavy atom.